The Morgan fingerprint density at radius 1 is 1.17 bits per heavy atom. The number of benzene rings is 1. The van der Waals surface area contributed by atoms with Gasteiger partial charge in [-0.1, -0.05) is 36.8 Å². The lowest BCUT2D eigenvalue weighted by Gasteiger charge is -2.37. The Bertz CT molecular complexity index is 383. The topological polar surface area (TPSA) is 29.3 Å². The van der Waals surface area contributed by atoms with E-state index in [0.717, 1.165) is 6.54 Å². The predicted octanol–water partition coefficient (Wildman–Crippen LogP) is 2.92. The maximum Gasteiger partial charge on any atom is 0.0236 e. The van der Waals surface area contributed by atoms with Crippen molar-refractivity contribution in [3.05, 3.63) is 35.9 Å². The smallest absolute Gasteiger partial charge is 0.0236 e. The van der Waals surface area contributed by atoms with Gasteiger partial charge in [-0.25, -0.2) is 0 Å². The van der Waals surface area contributed by atoms with Gasteiger partial charge in [0.1, 0.15) is 0 Å². The molecular weight excluding hydrogens is 220 g/mol. The lowest BCUT2D eigenvalue weighted by Crippen LogP contribution is -2.43. The fourth-order valence-corrected chi connectivity index (χ4v) is 3.15. The van der Waals surface area contributed by atoms with Crippen molar-refractivity contribution in [1.29, 1.82) is 0 Å². The van der Waals surface area contributed by atoms with E-state index in [1.807, 2.05) is 0 Å². The summed E-state index contributed by atoms with van der Waals surface area (Å²) in [7, 11) is 0. The van der Waals surface area contributed by atoms with Gasteiger partial charge in [-0.05, 0) is 44.2 Å². The Kier molecular flexibility index (Phi) is 3.40. The van der Waals surface area contributed by atoms with Gasteiger partial charge in [0.05, 0.1) is 0 Å². The maximum atomic E-state index is 6.31. The van der Waals surface area contributed by atoms with Crippen LogP contribution in [0, 0.1) is 0 Å². The van der Waals surface area contributed by atoms with Crippen molar-refractivity contribution in [2.24, 2.45) is 5.73 Å². The van der Waals surface area contributed by atoms with Crippen LogP contribution in [0.5, 0.6) is 0 Å². The molecule has 98 valence electrons. The molecule has 1 aliphatic heterocycles. The molecule has 1 aromatic rings. The molecule has 1 saturated carbocycles. The van der Waals surface area contributed by atoms with Crippen LogP contribution in [0.3, 0.4) is 0 Å². The first-order valence-electron chi connectivity index (χ1n) is 7.32. The number of likely N-dealkylation sites (tertiary alicyclic amines) is 1. The summed E-state index contributed by atoms with van der Waals surface area (Å²) in [5.74, 6) is 0. The highest BCUT2D eigenvalue weighted by atomic mass is 15.2. The van der Waals surface area contributed by atoms with Crippen molar-refractivity contribution in [3.63, 3.8) is 0 Å². The Balaban J connectivity index is 1.64. The standard InChI is InChI=1S/C16H24N2/c17-16(9-10-16)12-15-8-4-5-11-18(15)13-14-6-2-1-3-7-14/h1-3,6-7,15H,4-5,8-13,17H2. The molecule has 2 aliphatic rings. The number of nitrogens with zero attached hydrogens (tertiary/aromatic N) is 1. The minimum absolute atomic E-state index is 0.191. The highest BCUT2D eigenvalue weighted by Crippen LogP contribution is 2.39. The second kappa shape index (κ2) is 5.02. The van der Waals surface area contributed by atoms with Crippen LogP contribution in [-0.2, 0) is 6.54 Å². The average molecular weight is 244 g/mol. The van der Waals surface area contributed by atoms with Gasteiger partial charge in [-0.15, -0.1) is 0 Å². The second-order valence-corrected chi connectivity index (χ2v) is 6.17. The van der Waals surface area contributed by atoms with Crippen LogP contribution < -0.4 is 5.73 Å². The molecule has 1 saturated heterocycles. The van der Waals surface area contributed by atoms with Gasteiger partial charge in [0.15, 0.2) is 0 Å². The summed E-state index contributed by atoms with van der Waals surface area (Å²) >= 11 is 0. The fourth-order valence-electron chi connectivity index (χ4n) is 3.15. The van der Waals surface area contributed by atoms with Crippen molar-refractivity contribution in [2.75, 3.05) is 6.54 Å². The lowest BCUT2D eigenvalue weighted by molar-refractivity contribution is 0.124. The molecule has 0 spiro atoms. The number of rotatable bonds is 4. The molecule has 2 heteroatoms. The van der Waals surface area contributed by atoms with Crippen LogP contribution in [0.4, 0.5) is 0 Å². The van der Waals surface area contributed by atoms with E-state index in [2.05, 4.69) is 35.2 Å². The Morgan fingerprint density at radius 3 is 2.67 bits per heavy atom. The second-order valence-electron chi connectivity index (χ2n) is 6.17. The normalized spacial score (nSPS) is 27.1. The number of piperidine rings is 1. The van der Waals surface area contributed by atoms with Crippen LogP contribution in [0.1, 0.15) is 44.1 Å². The predicted molar refractivity (Wildman–Crippen MR) is 75.3 cm³/mol. The first-order valence-corrected chi connectivity index (χ1v) is 7.32. The van der Waals surface area contributed by atoms with Gasteiger partial charge in [0.25, 0.3) is 0 Å². The zero-order valence-electron chi connectivity index (χ0n) is 11.1. The molecule has 2 nitrogen and oxygen atoms in total. The first-order chi connectivity index (χ1) is 8.75. The van der Waals surface area contributed by atoms with Crippen LogP contribution in [0.15, 0.2) is 30.3 Å². The highest BCUT2D eigenvalue weighted by Gasteiger charge is 2.41. The Morgan fingerprint density at radius 2 is 1.94 bits per heavy atom. The number of nitrogens with two attached hydrogens (primary N) is 1. The quantitative estimate of drug-likeness (QED) is 0.882. The van der Waals surface area contributed by atoms with Gasteiger partial charge < -0.3 is 5.73 Å². The monoisotopic (exact) mass is 244 g/mol. The number of hydrogen-bond acceptors (Lipinski definition) is 2. The summed E-state index contributed by atoms with van der Waals surface area (Å²) in [6.45, 7) is 2.34. The Labute approximate surface area is 110 Å². The molecule has 18 heavy (non-hydrogen) atoms. The zero-order chi connectivity index (χ0) is 12.4. The van der Waals surface area contributed by atoms with Gasteiger partial charge >= 0.3 is 0 Å². The molecule has 1 aliphatic carbocycles. The van der Waals surface area contributed by atoms with E-state index in [0.29, 0.717) is 6.04 Å². The van der Waals surface area contributed by atoms with Crippen LogP contribution >= 0.6 is 0 Å². The van der Waals surface area contributed by atoms with E-state index >= 15 is 0 Å². The molecule has 0 aromatic heterocycles. The zero-order valence-corrected chi connectivity index (χ0v) is 11.1. The number of hydrogen-bond donors (Lipinski definition) is 1. The summed E-state index contributed by atoms with van der Waals surface area (Å²) < 4.78 is 0. The van der Waals surface area contributed by atoms with Crippen LogP contribution in [0.25, 0.3) is 0 Å². The van der Waals surface area contributed by atoms with E-state index in [4.69, 9.17) is 5.73 Å². The molecule has 1 aromatic carbocycles. The minimum atomic E-state index is 0.191. The molecule has 1 atom stereocenters. The average Bonchev–Trinajstić information content (AvgIpc) is 3.11. The summed E-state index contributed by atoms with van der Waals surface area (Å²) in [6.07, 6.45) is 7.75. The van der Waals surface area contributed by atoms with E-state index in [-0.39, 0.29) is 5.54 Å². The third-order valence-corrected chi connectivity index (χ3v) is 4.51. The maximum absolute atomic E-state index is 6.31. The molecule has 0 bridgehead atoms. The van der Waals surface area contributed by atoms with Crippen LogP contribution in [0.2, 0.25) is 0 Å². The van der Waals surface area contributed by atoms with Gasteiger partial charge in [0.2, 0.25) is 0 Å². The van der Waals surface area contributed by atoms with Gasteiger partial charge in [-0.2, -0.15) is 0 Å². The summed E-state index contributed by atoms with van der Waals surface area (Å²) in [5.41, 5.74) is 7.93. The van der Waals surface area contributed by atoms with Crippen LogP contribution in [-0.4, -0.2) is 23.0 Å². The van der Waals surface area contributed by atoms with E-state index in [1.165, 1.54) is 50.6 Å². The third-order valence-electron chi connectivity index (χ3n) is 4.51. The molecule has 1 heterocycles. The van der Waals surface area contributed by atoms with E-state index in [1.54, 1.807) is 0 Å². The van der Waals surface area contributed by atoms with Crippen molar-refractivity contribution < 1.29 is 0 Å². The molecular formula is C16H24N2. The molecule has 3 rings (SSSR count). The summed E-state index contributed by atoms with van der Waals surface area (Å²) in [4.78, 5) is 2.66. The molecule has 1 unspecified atom stereocenters. The Hall–Kier alpha value is -0.860. The molecule has 0 radical (unpaired) electrons. The van der Waals surface area contributed by atoms with E-state index in [9.17, 15) is 0 Å². The van der Waals surface area contributed by atoms with E-state index < -0.39 is 0 Å². The molecule has 0 amide bonds. The highest BCUT2D eigenvalue weighted by molar-refractivity contribution is 5.15. The van der Waals surface area contributed by atoms with Crippen molar-refractivity contribution >= 4 is 0 Å². The fraction of sp³-hybridized carbons (Fsp3) is 0.625. The molecule has 2 fully saturated rings. The first kappa shape index (κ1) is 12.2. The van der Waals surface area contributed by atoms with Crippen molar-refractivity contribution in [2.45, 2.75) is 56.7 Å². The third kappa shape index (κ3) is 2.93. The summed E-state index contributed by atoms with van der Waals surface area (Å²) in [5, 5.41) is 0. The summed E-state index contributed by atoms with van der Waals surface area (Å²) in [6, 6.07) is 11.6. The molecule has 2 N–H and O–H groups in total. The lowest BCUT2D eigenvalue weighted by atomic mass is 9.94. The van der Waals surface area contributed by atoms with Crippen molar-refractivity contribution in [3.8, 4) is 0 Å². The van der Waals surface area contributed by atoms with Crippen molar-refractivity contribution in [1.82, 2.24) is 4.90 Å². The van der Waals surface area contributed by atoms with Gasteiger partial charge in [0, 0.05) is 18.1 Å². The SMILES string of the molecule is NC1(CC2CCCCN2Cc2ccccc2)CC1. The minimum Gasteiger partial charge on any atom is -0.325 e. The van der Waals surface area contributed by atoms with Gasteiger partial charge in [-0.3, -0.25) is 4.90 Å². The largest absolute Gasteiger partial charge is 0.325 e.